The third kappa shape index (κ3) is 7.11. The largest absolute Gasteiger partial charge is 0.507 e. The van der Waals surface area contributed by atoms with Crippen molar-refractivity contribution in [2.75, 3.05) is 10.6 Å². The molecule has 3 aromatic carbocycles. The molecule has 36 heavy (non-hydrogen) atoms. The number of benzene rings is 3. The lowest BCUT2D eigenvalue weighted by atomic mass is 9.99. The zero-order valence-electron chi connectivity index (χ0n) is 21.5. The van der Waals surface area contributed by atoms with Gasteiger partial charge in [0.25, 0.3) is 11.8 Å². The first-order valence-electron chi connectivity index (χ1n) is 12.5. The number of aryl methyl sites for hydroxylation is 2. The van der Waals surface area contributed by atoms with Gasteiger partial charge in [0.05, 0.1) is 11.1 Å². The molecular weight excluding hydrogens is 452 g/mol. The number of hydrogen-bond donors (Lipinski definition) is 4. The summed E-state index contributed by atoms with van der Waals surface area (Å²) in [6, 6.07) is 17.1. The molecule has 0 radical (unpaired) electrons. The maximum Gasteiger partial charge on any atom is 0.259 e. The standard InChI is InChI=1S/C30H36N2O4/c1-19(2)14-16-21-8-5-12-25(27(21)33)29(35)31-23-10-7-11-24(18-23)32-30(36)26-13-6-9-22(28(26)34)17-15-20(3)4/h5-13,18-20,33-34H,14-17H2,1-4H3,(H,31,35)(H,32,36). The van der Waals surface area contributed by atoms with E-state index in [-0.39, 0.29) is 22.6 Å². The molecule has 4 N–H and O–H groups in total. The molecule has 0 spiro atoms. The van der Waals surface area contributed by atoms with E-state index >= 15 is 0 Å². The molecule has 0 bridgehead atoms. The number of carbonyl (C=O) groups is 2. The number of nitrogens with one attached hydrogen (secondary N) is 2. The molecule has 0 unspecified atom stereocenters. The summed E-state index contributed by atoms with van der Waals surface area (Å²) in [5.74, 6) is 0.102. The minimum atomic E-state index is -0.433. The van der Waals surface area contributed by atoms with Crippen molar-refractivity contribution in [2.24, 2.45) is 11.8 Å². The van der Waals surface area contributed by atoms with E-state index in [1.807, 2.05) is 12.1 Å². The zero-order chi connectivity index (χ0) is 26.2. The highest BCUT2D eigenvalue weighted by molar-refractivity contribution is 6.08. The monoisotopic (exact) mass is 488 g/mol. The molecule has 6 nitrogen and oxygen atoms in total. The minimum absolute atomic E-state index is 0.00655. The van der Waals surface area contributed by atoms with Crippen LogP contribution in [0.4, 0.5) is 11.4 Å². The van der Waals surface area contributed by atoms with E-state index in [1.54, 1.807) is 48.5 Å². The number of rotatable bonds is 10. The van der Waals surface area contributed by atoms with E-state index in [0.29, 0.717) is 36.1 Å². The van der Waals surface area contributed by atoms with Gasteiger partial charge in [-0.25, -0.2) is 0 Å². The van der Waals surface area contributed by atoms with Gasteiger partial charge in [0.15, 0.2) is 0 Å². The number of phenolic OH excluding ortho intramolecular Hbond substituents is 2. The highest BCUT2D eigenvalue weighted by Crippen LogP contribution is 2.28. The Bertz CT molecular complexity index is 1130. The number of phenols is 2. The lowest BCUT2D eigenvalue weighted by molar-refractivity contribution is 0.101. The van der Waals surface area contributed by atoms with Crippen LogP contribution in [0.2, 0.25) is 0 Å². The summed E-state index contributed by atoms with van der Waals surface area (Å²) in [6.45, 7) is 8.46. The minimum Gasteiger partial charge on any atom is -0.507 e. The average molecular weight is 489 g/mol. The molecule has 0 atom stereocenters. The summed E-state index contributed by atoms with van der Waals surface area (Å²) in [5.41, 5.74) is 2.84. The SMILES string of the molecule is CC(C)CCc1cccc(C(=O)Nc2cccc(NC(=O)c3cccc(CCC(C)C)c3O)c2)c1O. The quantitative estimate of drug-likeness (QED) is 0.253. The van der Waals surface area contributed by atoms with Gasteiger partial charge in [0.1, 0.15) is 11.5 Å². The van der Waals surface area contributed by atoms with E-state index < -0.39 is 11.8 Å². The van der Waals surface area contributed by atoms with Crippen LogP contribution in [-0.2, 0) is 12.8 Å². The van der Waals surface area contributed by atoms with Crippen LogP contribution in [0.3, 0.4) is 0 Å². The first-order valence-corrected chi connectivity index (χ1v) is 12.5. The second-order valence-electron chi connectivity index (χ2n) is 9.98. The van der Waals surface area contributed by atoms with E-state index in [9.17, 15) is 19.8 Å². The van der Waals surface area contributed by atoms with Crippen LogP contribution < -0.4 is 10.6 Å². The van der Waals surface area contributed by atoms with Crippen molar-refractivity contribution in [3.8, 4) is 11.5 Å². The predicted molar refractivity (Wildman–Crippen MR) is 145 cm³/mol. The molecule has 0 aromatic heterocycles. The van der Waals surface area contributed by atoms with Gasteiger partial charge in [-0.05, 0) is 79.0 Å². The summed E-state index contributed by atoms with van der Waals surface area (Å²) >= 11 is 0. The fourth-order valence-electron chi connectivity index (χ4n) is 3.91. The van der Waals surface area contributed by atoms with Gasteiger partial charge in [0, 0.05) is 11.4 Å². The molecule has 0 fully saturated rings. The summed E-state index contributed by atoms with van der Waals surface area (Å²) in [5, 5.41) is 26.8. The third-order valence-electron chi connectivity index (χ3n) is 6.09. The zero-order valence-corrected chi connectivity index (χ0v) is 21.5. The van der Waals surface area contributed by atoms with Crippen LogP contribution in [0, 0.1) is 11.8 Å². The lowest BCUT2D eigenvalue weighted by Crippen LogP contribution is -2.15. The smallest absolute Gasteiger partial charge is 0.259 e. The van der Waals surface area contributed by atoms with Gasteiger partial charge in [0.2, 0.25) is 0 Å². The van der Waals surface area contributed by atoms with Crippen LogP contribution in [0.1, 0.15) is 72.4 Å². The molecule has 6 heteroatoms. The van der Waals surface area contributed by atoms with Gasteiger partial charge in [-0.1, -0.05) is 58.0 Å². The Labute approximate surface area is 213 Å². The Morgan fingerprint density at radius 1 is 0.667 bits per heavy atom. The molecule has 0 aliphatic carbocycles. The van der Waals surface area contributed by atoms with Crippen molar-refractivity contribution in [2.45, 2.75) is 53.4 Å². The van der Waals surface area contributed by atoms with Gasteiger partial charge >= 0.3 is 0 Å². The fraction of sp³-hybridized carbons (Fsp3) is 0.333. The Hall–Kier alpha value is -3.80. The second kappa shape index (κ2) is 12.2. The second-order valence-corrected chi connectivity index (χ2v) is 9.98. The number of carbonyl (C=O) groups excluding carboxylic acids is 2. The summed E-state index contributed by atoms with van der Waals surface area (Å²) in [7, 11) is 0. The Balaban J connectivity index is 1.71. The van der Waals surface area contributed by atoms with E-state index in [1.165, 1.54) is 0 Å². The average Bonchev–Trinajstić information content (AvgIpc) is 2.82. The first-order chi connectivity index (χ1) is 17.2. The number of para-hydroxylation sites is 2. The fourth-order valence-corrected chi connectivity index (χ4v) is 3.91. The van der Waals surface area contributed by atoms with E-state index in [2.05, 4.69) is 38.3 Å². The molecule has 3 rings (SSSR count). The predicted octanol–water partition coefficient (Wildman–Crippen LogP) is 6.78. The first kappa shape index (κ1) is 26.8. The summed E-state index contributed by atoms with van der Waals surface area (Å²) < 4.78 is 0. The molecule has 0 saturated heterocycles. The number of aromatic hydroxyl groups is 2. The van der Waals surface area contributed by atoms with Crippen molar-refractivity contribution in [1.82, 2.24) is 0 Å². The lowest BCUT2D eigenvalue weighted by Gasteiger charge is -2.13. The molecule has 0 aliphatic heterocycles. The maximum atomic E-state index is 12.9. The highest BCUT2D eigenvalue weighted by atomic mass is 16.3. The Morgan fingerprint density at radius 3 is 1.44 bits per heavy atom. The number of anilines is 2. The Morgan fingerprint density at radius 2 is 1.06 bits per heavy atom. The van der Waals surface area contributed by atoms with Gasteiger partial charge < -0.3 is 20.8 Å². The third-order valence-corrected chi connectivity index (χ3v) is 6.09. The van der Waals surface area contributed by atoms with Gasteiger partial charge in [-0.2, -0.15) is 0 Å². The van der Waals surface area contributed by atoms with Crippen LogP contribution in [0.15, 0.2) is 60.7 Å². The molecule has 0 heterocycles. The molecule has 0 aliphatic rings. The van der Waals surface area contributed by atoms with Crippen molar-refractivity contribution >= 4 is 23.2 Å². The highest BCUT2D eigenvalue weighted by Gasteiger charge is 2.17. The van der Waals surface area contributed by atoms with Crippen molar-refractivity contribution < 1.29 is 19.8 Å². The molecule has 3 aromatic rings. The van der Waals surface area contributed by atoms with E-state index in [0.717, 1.165) is 24.0 Å². The Kier molecular flexibility index (Phi) is 9.12. The van der Waals surface area contributed by atoms with Crippen LogP contribution in [0.5, 0.6) is 11.5 Å². The number of amides is 2. The van der Waals surface area contributed by atoms with Crippen LogP contribution in [0.25, 0.3) is 0 Å². The molecule has 2 amide bonds. The van der Waals surface area contributed by atoms with Crippen LogP contribution in [-0.4, -0.2) is 22.0 Å². The normalized spacial score (nSPS) is 11.1. The van der Waals surface area contributed by atoms with Crippen molar-refractivity contribution in [3.05, 3.63) is 82.9 Å². The summed E-state index contributed by atoms with van der Waals surface area (Å²) in [6.07, 6.45) is 3.21. The van der Waals surface area contributed by atoms with Gasteiger partial charge in [-0.15, -0.1) is 0 Å². The molecular formula is C30H36N2O4. The van der Waals surface area contributed by atoms with Crippen molar-refractivity contribution in [1.29, 1.82) is 0 Å². The van der Waals surface area contributed by atoms with Crippen LogP contribution >= 0.6 is 0 Å². The van der Waals surface area contributed by atoms with E-state index in [4.69, 9.17) is 0 Å². The topological polar surface area (TPSA) is 98.7 Å². The van der Waals surface area contributed by atoms with Crippen molar-refractivity contribution in [3.63, 3.8) is 0 Å². The van der Waals surface area contributed by atoms with Gasteiger partial charge in [-0.3, -0.25) is 9.59 Å². The molecule has 0 saturated carbocycles. The molecule has 190 valence electrons. The number of hydrogen-bond acceptors (Lipinski definition) is 4. The summed E-state index contributed by atoms with van der Waals surface area (Å²) in [4.78, 5) is 25.8. The maximum absolute atomic E-state index is 12.9.